The number of aliphatic hydroxyl groups is 3. The molecule has 0 amide bonds. The summed E-state index contributed by atoms with van der Waals surface area (Å²) in [5, 5.41) is 31.1. The van der Waals surface area contributed by atoms with Gasteiger partial charge in [-0.05, 0) is 50.9 Å². The SMILES string of the molecule is CCCCCC/C=C\CCCCCCCC(=O)OC[C@H](COP(=O)(O)O)OC(=O)C/C=C\C[C@H]1[C@@H](/C=C/[C@H](O)CCCCC)[C@H](O)C[C@@H]1O. The quantitative estimate of drug-likeness (QED) is 0.0233. The lowest BCUT2D eigenvalue weighted by atomic mass is 9.89. The fourth-order valence-electron chi connectivity index (χ4n) is 5.87. The second-order valence-electron chi connectivity index (χ2n) is 13.2. The molecule has 0 radical (unpaired) electrons. The van der Waals surface area contributed by atoms with Crippen LogP contribution < -0.4 is 0 Å². The highest BCUT2D eigenvalue weighted by Crippen LogP contribution is 2.37. The van der Waals surface area contributed by atoms with Gasteiger partial charge in [-0.2, -0.15) is 0 Å². The van der Waals surface area contributed by atoms with E-state index in [2.05, 4.69) is 30.5 Å². The third-order valence-corrected chi connectivity index (χ3v) is 9.22. The Bertz CT molecular complexity index is 1010. The lowest BCUT2D eigenvalue weighted by Gasteiger charge is -2.20. The minimum absolute atomic E-state index is 0.170. The van der Waals surface area contributed by atoms with E-state index in [1.165, 1.54) is 25.7 Å². The molecule has 0 heterocycles. The zero-order chi connectivity index (χ0) is 36.3. The monoisotopic (exact) mass is 716 g/mol. The van der Waals surface area contributed by atoms with E-state index >= 15 is 0 Å². The molecule has 1 saturated carbocycles. The second kappa shape index (κ2) is 27.8. The first kappa shape index (κ1) is 45.2. The maximum Gasteiger partial charge on any atom is 0.469 e. The third-order valence-electron chi connectivity index (χ3n) is 8.73. The van der Waals surface area contributed by atoms with Crippen molar-refractivity contribution < 1.29 is 53.3 Å². The Morgan fingerprint density at radius 1 is 0.796 bits per heavy atom. The molecule has 0 saturated heterocycles. The van der Waals surface area contributed by atoms with Crippen molar-refractivity contribution >= 4 is 19.8 Å². The zero-order valence-corrected chi connectivity index (χ0v) is 30.8. The topological polar surface area (TPSA) is 180 Å². The van der Waals surface area contributed by atoms with Crippen LogP contribution in [0.25, 0.3) is 0 Å². The largest absolute Gasteiger partial charge is 0.469 e. The molecule has 5 N–H and O–H groups in total. The van der Waals surface area contributed by atoms with Crippen molar-refractivity contribution in [3.8, 4) is 0 Å². The van der Waals surface area contributed by atoms with Crippen molar-refractivity contribution in [2.75, 3.05) is 13.2 Å². The summed E-state index contributed by atoms with van der Waals surface area (Å²) in [4.78, 5) is 42.9. The van der Waals surface area contributed by atoms with E-state index in [1.54, 1.807) is 24.3 Å². The van der Waals surface area contributed by atoms with Crippen LogP contribution in [0.3, 0.4) is 0 Å². The highest BCUT2D eigenvalue weighted by molar-refractivity contribution is 7.46. The number of carbonyl (C=O) groups excluding carboxylic acids is 2. The maximum absolute atomic E-state index is 12.5. The number of hydrogen-bond donors (Lipinski definition) is 5. The molecule has 0 aromatic heterocycles. The summed E-state index contributed by atoms with van der Waals surface area (Å²) >= 11 is 0. The molecular weight excluding hydrogens is 651 g/mol. The highest BCUT2D eigenvalue weighted by atomic mass is 31.2. The van der Waals surface area contributed by atoms with Crippen molar-refractivity contribution in [3.63, 3.8) is 0 Å². The molecule has 1 aliphatic rings. The number of ether oxygens (including phenoxy) is 2. The average molecular weight is 717 g/mol. The van der Waals surface area contributed by atoms with E-state index < -0.39 is 57.4 Å². The molecule has 0 unspecified atom stereocenters. The summed E-state index contributed by atoms with van der Waals surface area (Å²) in [5.41, 5.74) is 0. The maximum atomic E-state index is 12.5. The molecule has 1 aliphatic carbocycles. The van der Waals surface area contributed by atoms with E-state index in [0.29, 0.717) is 19.3 Å². The summed E-state index contributed by atoms with van der Waals surface area (Å²) in [5.74, 6) is -1.83. The molecule has 0 aliphatic heterocycles. The van der Waals surface area contributed by atoms with Gasteiger partial charge in [0.1, 0.15) is 6.61 Å². The Morgan fingerprint density at radius 3 is 2.10 bits per heavy atom. The molecule has 12 heteroatoms. The van der Waals surface area contributed by atoms with Crippen LogP contribution in [-0.2, 0) is 28.2 Å². The summed E-state index contributed by atoms with van der Waals surface area (Å²) in [6, 6.07) is 0. The van der Waals surface area contributed by atoms with Gasteiger partial charge in [0.05, 0.1) is 31.3 Å². The number of phosphoric acid groups is 1. The molecule has 6 atom stereocenters. The molecule has 1 fully saturated rings. The van der Waals surface area contributed by atoms with E-state index in [4.69, 9.17) is 19.3 Å². The van der Waals surface area contributed by atoms with Gasteiger partial charge in [-0.1, -0.05) is 108 Å². The molecule has 284 valence electrons. The molecule has 1 rings (SSSR count). The van der Waals surface area contributed by atoms with Crippen LogP contribution in [0.1, 0.15) is 136 Å². The number of allylic oxidation sites excluding steroid dienone is 3. The number of carbonyl (C=O) groups is 2. The van der Waals surface area contributed by atoms with E-state index in [9.17, 15) is 29.5 Å². The van der Waals surface area contributed by atoms with Crippen molar-refractivity contribution in [3.05, 3.63) is 36.5 Å². The standard InChI is InChI=1S/C37H65O11P/c1-3-5-7-8-9-10-11-12-13-14-15-16-18-23-36(41)46-28-31(29-47-49(43,44)45)48-37(42)24-20-19-22-32-33(35(40)27-34(32)39)26-25-30(38)21-17-6-4-2/h10-11,19-20,25-26,30-35,38-40H,3-9,12-18,21-24,27-29H2,1-2H3,(H2,43,44,45)/b11-10-,20-19-,26-25+/t30-,31-,32+,33-,34+,35-/m1/s1. The number of hydrogen-bond acceptors (Lipinski definition) is 9. The molecule has 49 heavy (non-hydrogen) atoms. The number of unbranched alkanes of at least 4 members (excludes halogenated alkanes) is 11. The number of esters is 2. The van der Waals surface area contributed by atoms with Crippen molar-refractivity contribution in [1.82, 2.24) is 0 Å². The van der Waals surface area contributed by atoms with Gasteiger partial charge < -0.3 is 34.6 Å². The van der Waals surface area contributed by atoms with Crippen LogP contribution >= 0.6 is 7.82 Å². The molecule has 0 spiro atoms. The number of rotatable bonds is 29. The molecule has 0 aromatic rings. The van der Waals surface area contributed by atoms with Crippen molar-refractivity contribution in [2.45, 2.75) is 160 Å². The van der Waals surface area contributed by atoms with Gasteiger partial charge in [-0.3, -0.25) is 14.1 Å². The molecule has 0 aromatic carbocycles. The van der Waals surface area contributed by atoms with E-state index in [-0.39, 0.29) is 31.1 Å². The summed E-state index contributed by atoms with van der Waals surface area (Å²) in [6.07, 6.45) is 24.3. The zero-order valence-electron chi connectivity index (χ0n) is 29.9. The number of phosphoric ester groups is 1. The van der Waals surface area contributed by atoms with Gasteiger partial charge in [-0.15, -0.1) is 0 Å². The Hall–Kier alpha value is -1.85. The highest BCUT2D eigenvalue weighted by Gasteiger charge is 2.39. The Labute approximate surface area is 294 Å². The average Bonchev–Trinajstić information content (AvgIpc) is 3.32. The number of aliphatic hydroxyl groups excluding tert-OH is 3. The first-order valence-electron chi connectivity index (χ1n) is 18.5. The van der Waals surface area contributed by atoms with Gasteiger partial charge in [0.15, 0.2) is 6.10 Å². The second-order valence-corrected chi connectivity index (χ2v) is 14.4. The summed E-state index contributed by atoms with van der Waals surface area (Å²) < 4.78 is 26.2. The summed E-state index contributed by atoms with van der Waals surface area (Å²) in [6.45, 7) is 3.25. The lowest BCUT2D eigenvalue weighted by molar-refractivity contribution is -0.160. The minimum Gasteiger partial charge on any atom is -0.462 e. The molecule has 0 bridgehead atoms. The van der Waals surface area contributed by atoms with E-state index in [0.717, 1.165) is 57.8 Å². The fraction of sp³-hybridized carbons (Fsp3) is 0.784. The first-order chi connectivity index (χ1) is 23.5. The van der Waals surface area contributed by atoms with Crippen molar-refractivity contribution in [2.24, 2.45) is 11.8 Å². The van der Waals surface area contributed by atoms with Gasteiger partial charge >= 0.3 is 19.8 Å². The van der Waals surface area contributed by atoms with Crippen LogP contribution in [0.2, 0.25) is 0 Å². The summed E-state index contributed by atoms with van der Waals surface area (Å²) in [7, 11) is -4.84. The first-order valence-corrected chi connectivity index (χ1v) is 20.1. The van der Waals surface area contributed by atoms with Gasteiger partial charge in [-0.25, -0.2) is 4.57 Å². The van der Waals surface area contributed by atoms with Crippen LogP contribution in [-0.4, -0.2) is 74.7 Å². The molecular formula is C37H65O11P. The third kappa shape index (κ3) is 24.1. The van der Waals surface area contributed by atoms with Gasteiger partial charge in [0.25, 0.3) is 0 Å². The smallest absolute Gasteiger partial charge is 0.462 e. The van der Waals surface area contributed by atoms with Gasteiger partial charge in [0.2, 0.25) is 0 Å². The molecule has 11 nitrogen and oxygen atoms in total. The van der Waals surface area contributed by atoms with Crippen molar-refractivity contribution in [1.29, 1.82) is 0 Å². The fourth-order valence-corrected chi connectivity index (χ4v) is 6.23. The predicted molar refractivity (Wildman–Crippen MR) is 190 cm³/mol. The Kier molecular flexibility index (Phi) is 25.6. The Balaban J connectivity index is 2.43. The van der Waals surface area contributed by atoms with Crippen LogP contribution in [0, 0.1) is 11.8 Å². The predicted octanol–water partition coefficient (Wildman–Crippen LogP) is 7.00. The van der Waals surface area contributed by atoms with Crippen LogP contribution in [0.5, 0.6) is 0 Å². The van der Waals surface area contributed by atoms with Crippen LogP contribution in [0.15, 0.2) is 36.5 Å². The van der Waals surface area contributed by atoms with E-state index in [1.807, 2.05) is 0 Å². The Morgan fingerprint density at radius 2 is 1.43 bits per heavy atom. The lowest BCUT2D eigenvalue weighted by Crippen LogP contribution is -2.29. The van der Waals surface area contributed by atoms with Gasteiger partial charge in [0, 0.05) is 18.8 Å². The minimum atomic E-state index is -4.84. The van der Waals surface area contributed by atoms with Crippen LogP contribution in [0.4, 0.5) is 0 Å². The normalized spacial score (nSPS) is 21.2.